The number of nitrogen functional groups attached to an aromatic ring is 1. The van der Waals surface area contributed by atoms with Crippen LogP contribution in [0.4, 0.5) is 11.6 Å². The van der Waals surface area contributed by atoms with Crippen LogP contribution < -0.4 is 15.4 Å². The fourth-order valence-corrected chi connectivity index (χ4v) is 3.76. The van der Waals surface area contributed by atoms with E-state index in [1.165, 1.54) is 5.69 Å². The van der Waals surface area contributed by atoms with Gasteiger partial charge in [-0.1, -0.05) is 0 Å². The molecule has 0 saturated carbocycles. The van der Waals surface area contributed by atoms with Crippen molar-refractivity contribution in [3.63, 3.8) is 0 Å². The Balaban J connectivity index is 1.31. The summed E-state index contributed by atoms with van der Waals surface area (Å²) in [6.45, 7) is 4.54. The van der Waals surface area contributed by atoms with E-state index in [2.05, 4.69) is 37.0 Å². The van der Waals surface area contributed by atoms with Crippen LogP contribution in [-0.2, 0) is 6.54 Å². The second-order valence-electron chi connectivity index (χ2n) is 7.25. The molecule has 1 fully saturated rings. The van der Waals surface area contributed by atoms with Gasteiger partial charge in [0.05, 0.1) is 13.4 Å². The molecule has 0 radical (unpaired) electrons. The van der Waals surface area contributed by atoms with Gasteiger partial charge in [-0.3, -0.25) is 4.90 Å². The first-order valence-corrected chi connectivity index (χ1v) is 9.86. The first kappa shape index (κ1) is 18.4. The molecule has 1 saturated heterocycles. The Bertz CT molecular complexity index is 1130. The van der Waals surface area contributed by atoms with Crippen molar-refractivity contribution in [2.24, 2.45) is 0 Å². The second kappa shape index (κ2) is 7.68. The maximum absolute atomic E-state index is 6.02. The number of nitrogens with zero attached hydrogens (tertiary/aromatic N) is 6. The van der Waals surface area contributed by atoms with Crippen LogP contribution in [0.1, 0.15) is 5.56 Å². The summed E-state index contributed by atoms with van der Waals surface area (Å²) >= 11 is 0. The number of piperazine rings is 1. The first-order valence-electron chi connectivity index (χ1n) is 9.86. The van der Waals surface area contributed by atoms with Gasteiger partial charge < -0.3 is 19.8 Å². The van der Waals surface area contributed by atoms with Crippen LogP contribution in [0.3, 0.4) is 0 Å². The molecule has 0 amide bonds. The summed E-state index contributed by atoms with van der Waals surface area (Å²) in [6, 6.07) is 11.9. The summed E-state index contributed by atoms with van der Waals surface area (Å²) in [6.07, 6.45) is 3.40. The maximum Gasteiger partial charge on any atom is 0.223 e. The summed E-state index contributed by atoms with van der Waals surface area (Å²) in [5, 5.41) is 4.46. The van der Waals surface area contributed by atoms with Crippen LogP contribution >= 0.6 is 0 Å². The third-order valence-corrected chi connectivity index (χ3v) is 5.41. The molecule has 3 aromatic heterocycles. The normalized spacial score (nSPS) is 15.0. The molecule has 0 unspecified atom stereocenters. The lowest BCUT2D eigenvalue weighted by atomic mass is 10.2. The molecule has 2 N–H and O–H groups in total. The Hall–Kier alpha value is -3.59. The van der Waals surface area contributed by atoms with E-state index in [1.807, 2.05) is 24.3 Å². The Morgan fingerprint density at radius 3 is 2.60 bits per heavy atom. The van der Waals surface area contributed by atoms with Crippen LogP contribution in [0, 0.1) is 0 Å². The van der Waals surface area contributed by atoms with E-state index in [4.69, 9.17) is 14.9 Å². The van der Waals surface area contributed by atoms with Gasteiger partial charge in [-0.2, -0.15) is 4.52 Å². The lowest BCUT2D eigenvalue weighted by Gasteiger charge is -2.36. The Labute approximate surface area is 173 Å². The monoisotopic (exact) mass is 405 g/mol. The number of anilines is 2. The minimum Gasteiger partial charge on any atom is -0.497 e. The molecule has 0 bridgehead atoms. The number of aromatic nitrogens is 4. The van der Waals surface area contributed by atoms with Gasteiger partial charge in [0.25, 0.3) is 0 Å². The van der Waals surface area contributed by atoms with Crippen molar-refractivity contribution in [3.8, 4) is 17.3 Å². The molecule has 0 spiro atoms. The maximum atomic E-state index is 6.02. The molecule has 5 rings (SSSR count). The summed E-state index contributed by atoms with van der Waals surface area (Å²) in [4.78, 5) is 13.7. The van der Waals surface area contributed by atoms with Crippen LogP contribution in [0.5, 0.6) is 5.75 Å². The molecular weight excluding hydrogens is 382 g/mol. The van der Waals surface area contributed by atoms with Crippen molar-refractivity contribution < 1.29 is 9.15 Å². The highest BCUT2D eigenvalue weighted by molar-refractivity contribution is 5.57. The summed E-state index contributed by atoms with van der Waals surface area (Å²) < 4.78 is 12.3. The van der Waals surface area contributed by atoms with Crippen molar-refractivity contribution in [1.29, 1.82) is 0 Å². The third kappa shape index (κ3) is 3.43. The largest absolute Gasteiger partial charge is 0.497 e. The van der Waals surface area contributed by atoms with Crippen LogP contribution in [0.15, 0.2) is 53.3 Å². The molecular formula is C21H23N7O2. The van der Waals surface area contributed by atoms with Gasteiger partial charge >= 0.3 is 0 Å². The van der Waals surface area contributed by atoms with Gasteiger partial charge in [-0.05, 0) is 36.4 Å². The van der Waals surface area contributed by atoms with Crippen molar-refractivity contribution in [1.82, 2.24) is 24.5 Å². The predicted octanol–water partition coefficient (Wildman–Crippen LogP) is 2.30. The molecule has 0 atom stereocenters. The van der Waals surface area contributed by atoms with Crippen LogP contribution in [0.25, 0.3) is 17.2 Å². The van der Waals surface area contributed by atoms with Gasteiger partial charge in [0.1, 0.15) is 5.75 Å². The molecule has 1 aliphatic heterocycles. The number of nitrogens with two attached hydrogens (primary N) is 1. The SMILES string of the molecule is COc1ccc(N2CCN(Cc3cnc(N)n4nc(-c5ccco5)nc34)CC2)cc1. The Kier molecular flexibility index (Phi) is 4.72. The Morgan fingerprint density at radius 2 is 1.90 bits per heavy atom. The third-order valence-electron chi connectivity index (χ3n) is 5.41. The molecule has 1 aliphatic rings. The zero-order valence-corrected chi connectivity index (χ0v) is 16.7. The van der Waals surface area contributed by atoms with Gasteiger partial charge in [0.2, 0.25) is 11.8 Å². The number of benzene rings is 1. The number of furan rings is 1. The highest BCUT2D eigenvalue weighted by atomic mass is 16.5. The quantitative estimate of drug-likeness (QED) is 0.540. The second-order valence-corrected chi connectivity index (χ2v) is 7.25. The molecule has 0 aliphatic carbocycles. The minimum atomic E-state index is 0.309. The van der Waals surface area contributed by atoms with Crippen molar-refractivity contribution in [2.75, 3.05) is 43.9 Å². The average Bonchev–Trinajstić information content (AvgIpc) is 3.47. The van der Waals surface area contributed by atoms with E-state index in [-0.39, 0.29) is 0 Å². The summed E-state index contributed by atoms with van der Waals surface area (Å²) in [7, 11) is 1.68. The van der Waals surface area contributed by atoms with E-state index >= 15 is 0 Å². The molecule has 9 nitrogen and oxygen atoms in total. The number of fused-ring (bicyclic) bond motifs is 1. The van der Waals surface area contributed by atoms with Gasteiger partial charge in [-0.25, -0.2) is 9.97 Å². The molecule has 4 heterocycles. The topological polar surface area (TPSA) is 98.0 Å². The van der Waals surface area contributed by atoms with Crippen molar-refractivity contribution >= 4 is 17.3 Å². The van der Waals surface area contributed by atoms with Gasteiger partial charge in [0.15, 0.2) is 11.4 Å². The highest BCUT2D eigenvalue weighted by Crippen LogP contribution is 2.23. The van der Waals surface area contributed by atoms with Gasteiger partial charge in [0, 0.05) is 50.2 Å². The van der Waals surface area contributed by atoms with E-state index < -0.39 is 0 Å². The number of rotatable bonds is 5. The Morgan fingerprint density at radius 1 is 1.10 bits per heavy atom. The van der Waals surface area contributed by atoms with E-state index in [0.29, 0.717) is 23.2 Å². The molecule has 1 aromatic carbocycles. The van der Waals surface area contributed by atoms with E-state index in [9.17, 15) is 0 Å². The van der Waals surface area contributed by atoms with Crippen LogP contribution in [-0.4, -0.2) is 57.8 Å². The zero-order valence-electron chi connectivity index (χ0n) is 16.7. The number of methoxy groups -OCH3 is 1. The smallest absolute Gasteiger partial charge is 0.223 e. The lowest BCUT2D eigenvalue weighted by Crippen LogP contribution is -2.46. The first-order chi connectivity index (χ1) is 14.7. The van der Waals surface area contributed by atoms with E-state index in [0.717, 1.165) is 44.0 Å². The highest BCUT2D eigenvalue weighted by Gasteiger charge is 2.20. The molecule has 4 aromatic rings. The lowest BCUT2D eigenvalue weighted by molar-refractivity contribution is 0.250. The fourth-order valence-electron chi connectivity index (χ4n) is 3.76. The number of hydrogen-bond acceptors (Lipinski definition) is 8. The number of ether oxygens (including phenoxy) is 1. The minimum absolute atomic E-state index is 0.309. The van der Waals surface area contributed by atoms with Crippen molar-refractivity contribution in [2.45, 2.75) is 6.54 Å². The molecule has 9 heteroatoms. The van der Waals surface area contributed by atoms with Crippen LogP contribution in [0.2, 0.25) is 0 Å². The van der Waals surface area contributed by atoms with Gasteiger partial charge in [-0.15, -0.1) is 5.10 Å². The number of hydrogen-bond donors (Lipinski definition) is 1. The molecule has 154 valence electrons. The van der Waals surface area contributed by atoms with Crippen molar-refractivity contribution in [3.05, 3.63) is 54.4 Å². The zero-order chi connectivity index (χ0) is 20.5. The average molecular weight is 405 g/mol. The predicted molar refractivity (Wildman–Crippen MR) is 113 cm³/mol. The fraction of sp³-hybridized carbons (Fsp3) is 0.286. The summed E-state index contributed by atoms with van der Waals surface area (Å²) in [5.74, 6) is 2.30. The summed E-state index contributed by atoms with van der Waals surface area (Å²) in [5.41, 5.74) is 8.94. The van der Waals surface area contributed by atoms with E-state index in [1.54, 1.807) is 24.1 Å². The standard InChI is InChI=1S/C21H23N7O2/c1-29-17-6-4-16(5-7-17)27-10-8-26(9-11-27)14-15-13-23-21(22)28-20(15)24-19(25-28)18-3-2-12-30-18/h2-7,12-13H,8-11,14H2,1H3,(H2,22,23). The molecule has 30 heavy (non-hydrogen) atoms.